The average molecular weight is 383 g/mol. The number of alkyl halides is 6. The molecule has 1 aromatic carbocycles. The Bertz CT molecular complexity index is 645. The second-order valence-corrected chi connectivity index (χ2v) is 5.92. The van der Waals surface area contributed by atoms with Gasteiger partial charge in [-0.25, -0.2) is 4.79 Å². The van der Waals surface area contributed by atoms with Crippen LogP contribution in [0.5, 0.6) is 0 Å². The maximum atomic E-state index is 12.8. The number of nitrogens with one attached hydrogen (secondary N) is 1. The van der Waals surface area contributed by atoms with E-state index in [1.165, 1.54) is 0 Å². The lowest BCUT2D eigenvalue weighted by Crippen LogP contribution is -2.35. The fourth-order valence-electron chi connectivity index (χ4n) is 2.63. The summed E-state index contributed by atoms with van der Waals surface area (Å²) in [5.41, 5.74) is -4.19. The van der Waals surface area contributed by atoms with Crippen LogP contribution in [0.1, 0.15) is 47.2 Å². The van der Waals surface area contributed by atoms with Crippen molar-refractivity contribution < 1.29 is 40.7 Å². The van der Waals surface area contributed by atoms with E-state index in [4.69, 9.17) is 0 Å². The third kappa shape index (κ3) is 5.37. The number of carbonyl (C=O) groups excluding carboxylic acids is 2. The van der Waals surface area contributed by atoms with Gasteiger partial charge >= 0.3 is 18.3 Å². The smallest absolute Gasteiger partial charge is 0.416 e. The summed E-state index contributed by atoms with van der Waals surface area (Å²) in [6, 6.07) is 0.356. The van der Waals surface area contributed by atoms with E-state index in [-0.39, 0.29) is 24.2 Å². The standard InChI is InChI=1S/C16H15F6NO3/c17-15(18,19)10-5-9(6-11(7-10)16(20,21)22)14(25)26-8-13(24)23-12-3-1-2-4-12/h5-7,12H,1-4,8H2,(H,23,24). The molecule has 0 saturated heterocycles. The third-order valence-electron chi connectivity index (χ3n) is 3.88. The molecule has 2 rings (SSSR count). The highest BCUT2D eigenvalue weighted by Gasteiger charge is 2.37. The number of benzene rings is 1. The molecule has 1 aliphatic carbocycles. The zero-order chi connectivity index (χ0) is 19.5. The van der Waals surface area contributed by atoms with Crippen molar-refractivity contribution in [3.05, 3.63) is 34.9 Å². The number of hydrogen-bond donors (Lipinski definition) is 1. The number of carbonyl (C=O) groups is 2. The Morgan fingerprint density at radius 1 is 0.962 bits per heavy atom. The molecule has 0 bridgehead atoms. The highest BCUT2D eigenvalue weighted by molar-refractivity contribution is 5.91. The lowest BCUT2D eigenvalue weighted by molar-refractivity contribution is -0.143. The first-order chi connectivity index (χ1) is 12.0. The molecule has 1 aromatic rings. The van der Waals surface area contributed by atoms with Gasteiger partial charge in [-0.1, -0.05) is 12.8 Å². The molecule has 0 atom stereocenters. The molecule has 0 radical (unpaired) electrons. The van der Waals surface area contributed by atoms with Gasteiger partial charge in [0.25, 0.3) is 5.91 Å². The van der Waals surface area contributed by atoms with Crippen molar-refractivity contribution in [3.8, 4) is 0 Å². The van der Waals surface area contributed by atoms with E-state index in [0.717, 1.165) is 25.7 Å². The minimum absolute atomic E-state index is 0.0633. The van der Waals surface area contributed by atoms with Crippen LogP contribution in [0.15, 0.2) is 18.2 Å². The van der Waals surface area contributed by atoms with Gasteiger partial charge in [0, 0.05) is 6.04 Å². The first kappa shape index (κ1) is 20.1. The van der Waals surface area contributed by atoms with E-state index in [0.29, 0.717) is 0 Å². The van der Waals surface area contributed by atoms with Crippen molar-refractivity contribution in [2.24, 2.45) is 0 Å². The van der Waals surface area contributed by atoms with Gasteiger partial charge in [0.15, 0.2) is 6.61 Å². The van der Waals surface area contributed by atoms with Crippen molar-refractivity contribution in [3.63, 3.8) is 0 Å². The number of hydrogen-bond acceptors (Lipinski definition) is 3. The first-order valence-electron chi connectivity index (χ1n) is 7.73. The van der Waals surface area contributed by atoms with Crippen molar-refractivity contribution in [2.75, 3.05) is 6.61 Å². The van der Waals surface area contributed by atoms with Crippen LogP contribution in [0.25, 0.3) is 0 Å². The molecule has 0 heterocycles. The van der Waals surface area contributed by atoms with E-state index in [2.05, 4.69) is 10.1 Å². The summed E-state index contributed by atoms with van der Waals surface area (Å²) >= 11 is 0. The Morgan fingerprint density at radius 3 is 1.92 bits per heavy atom. The van der Waals surface area contributed by atoms with Crippen LogP contribution in [0, 0.1) is 0 Å². The molecule has 10 heteroatoms. The summed E-state index contributed by atoms with van der Waals surface area (Å²) in [6.07, 6.45) is -6.73. The second kappa shape index (κ2) is 7.55. The lowest BCUT2D eigenvalue weighted by Gasteiger charge is -2.14. The van der Waals surface area contributed by atoms with Crippen LogP contribution in [0.4, 0.5) is 26.3 Å². The SMILES string of the molecule is O=C(COC(=O)c1cc(C(F)(F)F)cc(C(F)(F)F)c1)NC1CCCC1. The quantitative estimate of drug-likeness (QED) is 0.633. The topological polar surface area (TPSA) is 55.4 Å². The van der Waals surface area contributed by atoms with Crippen LogP contribution < -0.4 is 5.32 Å². The second-order valence-electron chi connectivity index (χ2n) is 5.92. The highest BCUT2D eigenvalue weighted by Crippen LogP contribution is 2.36. The van der Waals surface area contributed by atoms with E-state index < -0.39 is 47.5 Å². The Labute approximate surface area is 144 Å². The number of halogens is 6. The lowest BCUT2D eigenvalue weighted by atomic mass is 10.0. The molecule has 4 nitrogen and oxygen atoms in total. The largest absolute Gasteiger partial charge is 0.452 e. The van der Waals surface area contributed by atoms with Gasteiger partial charge < -0.3 is 10.1 Å². The molecule has 0 aromatic heterocycles. The van der Waals surface area contributed by atoms with Crippen LogP contribution in [0.3, 0.4) is 0 Å². The van der Waals surface area contributed by atoms with Crippen LogP contribution in [-0.2, 0) is 21.9 Å². The van der Waals surface area contributed by atoms with Gasteiger partial charge in [-0.15, -0.1) is 0 Å². The highest BCUT2D eigenvalue weighted by atomic mass is 19.4. The van der Waals surface area contributed by atoms with E-state index in [1.54, 1.807) is 0 Å². The maximum absolute atomic E-state index is 12.8. The molecule has 0 spiro atoms. The maximum Gasteiger partial charge on any atom is 0.416 e. The normalized spacial score (nSPS) is 15.8. The Kier molecular flexibility index (Phi) is 5.82. The van der Waals surface area contributed by atoms with Crippen LogP contribution in [0.2, 0.25) is 0 Å². The molecule has 1 saturated carbocycles. The number of amides is 1. The van der Waals surface area contributed by atoms with Gasteiger partial charge in [0.2, 0.25) is 0 Å². The predicted octanol–water partition coefficient (Wildman–Crippen LogP) is 3.94. The summed E-state index contributed by atoms with van der Waals surface area (Å²) in [6.45, 7) is -0.785. The predicted molar refractivity (Wildman–Crippen MR) is 77.1 cm³/mol. The van der Waals surface area contributed by atoms with E-state index in [9.17, 15) is 35.9 Å². The van der Waals surface area contributed by atoms with Crippen molar-refractivity contribution in [1.29, 1.82) is 0 Å². The van der Waals surface area contributed by atoms with Crippen LogP contribution >= 0.6 is 0 Å². The van der Waals surface area contributed by atoms with Gasteiger partial charge in [0.1, 0.15) is 0 Å². The Morgan fingerprint density at radius 2 is 1.46 bits per heavy atom. The molecule has 1 N–H and O–H groups in total. The number of ether oxygens (including phenoxy) is 1. The molecular weight excluding hydrogens is 368 g/mol. The molecule has 1 fully saturated rings. The summed E-state index contributed by atoms with van der Waals surface area (Å²) in [7, 11) is 0. The van der Waals surface area contributed by atoms with Crippen molar-refractivity contribution in [1.82, 2.24) is 5.32 Å². The molecule has 0 unspecified atom stereocenters. The Hall–Kier alpha value is -2.26. The van der Waals surface area contributed by atoms with Gasteiger partial charge in [0.05, 0.1) is 16.7 Å². The molecule has 26 heavy (non-hydrogen) atoms. The molecule has 0 aliphatic heterocycles. The van der Waals surface area contributed by atoms with Crippen LogP contribution in [-0.4, -0.2) is 24.5 Å². The fourth-order valence-corrected chi connectivity index (χ4v) is 2.63. The minimum Gasteiger partial charge on any atom is -0.452 e. The monoisotopic (exact) mass is 383 g/mol. The van der Waals surface area contributed by atoms with E-state index >= 15 is 0 Å². The summed E-state index contributed by atoms with van der Waals surface area (Å²) in [5.74, 6) is -2.10. The third-order valence-corrected chi connectivity index (χ3v) is 3.88. The number of rotatable bonds is 4. The van der Waals surface area contributed by atoms with Gasteiger partial charge in [-0.05, 0) is 31.0 Å². The summed E-state index contributed by atoms with van der Waals surface area (Å²) in [5, 5.41) is 2.58. The Balaban J connectivity index is 2.10. The number of esters is 1. The zero-order valence-electron chi connectivity index (χ0n) is 13.3. The van der Waals surface area contributed by atoms with Gasteiger partial charge in [-0.2, -0.15) is 26.3 Å². The van der Waals surface area contributed by atoms with Crippen molar-refractivity contribution >= 4 is 11.9 Å². The molecule has 1 amide bonds. The first-order valence-corrected chi connectivity index (χ1v) is 7.73. The fraction of sp³-hybridized carbons (Fsp3) is 0.500. The van der Waals surface area contributed by atoms with E-state index in [1.807, 2.05) is 0 Å². The molecule has 144 valence electrons. The average Bonchev–Trinajstić information content (AvgIpc) is 3.03. The molecule has 1 aliphatic rings. The minimum atomic E-state index is -5.07. The summed E-state index contributed by atoms with van der Waals surface area (Å²) in [4.78, 5) is 23.4. The molecular formula is C16H15F6NO3. The van der Waals surface area contributed by atoms with Gasteiger partial charge in [-0.3, -0.25) is 4.79 Å². The zero-order valence-corrected chi connectivity index (χ0v) is 13.3. The van der Waals surface area contributed by atoms with Crippen molar-refractivity contribution in [2.45, 2.75) is 44.1 Å². The summed E-state index contributed by atoms with van der Waals surface area (Å²) < 4.78 is 81.1.